The van der Waals surface area contributed by atoms with Crippen molar-refractivity contribution in [1.82, 2.24) is 14.7 Å². The van der Waals surface area contributed by atoms with Crippen molar-refractivity contribution in [2.45, 2.75) is 43.9 Å². The molecule has 1 aromatic carbocycles. The van der Waals surface area contributed by atoms with Gasteiger partial charge in [0.1, 0.15) is 12.7 Å². The Morgan fingerprint density at radius 2 is 2.17 bits per heavy atom. The number of fused-ring (bicyclic) bond motifs is 1. The zero-order valence-corrected chi connectivity index (χ0v) is 17.2. The van der Waals surface area contributed by atoms with E-state index < -0.39 is 5.60 Å². The number of likely N-dealkylation sites (tertiary alicyclic amines) is 1. The van der Waals surface area contributed by atoms with Crippen molar-refractivity contribution in [3.8, 4) is 0 Å². The van der Waals surface area contributed by atoms with E-state index in [0.717, 1.165) is 23.7 Å². The Kier molecular flexibility index (Phi) is 6.03. The topological polar surface area (TPSA) is 106 Å². The maximum absolute atomic E-state index is 12.5. The lowest BCUT2D eigenvalue weighted by molar-refractivity contribution is -0.145. The number of rotatable bonds is 6. The van der Waals surface area contributed by atoms with Gasteiger partial charge in [-0.25, -0.2) is 0 Å². The van der Waals surface area contributed by atoms with E-state index >= 15 is 0 Å². The Labute approximate surface area is 174 Å². The van der Waals surface area contributed by atoms with Crippen LogP contribution >= 0.6 is 0 Å². The minimum absolute atomic E-state index is 0.0157. The molecule has 0 bridgehead atoms. The molecular formula is C21H28N4O5. The monoisotopic (exact) mass is 416 g/mol. The van der Waals surface area contributed by atoms with Gasteiger partial charge in [0, 0.05) is 37.9 Å². The first kappa shape index (κ1) is 20.8. The summed E-state index contributed by atoms with van der Waals surface area (Å²) in [5, 5.41) is 19.3. The summed E-state index contributed by atoms with van der Waals surface area (Å²) in [6.07, 6.45) is 4.10. The molecule has 1 unspecified atom stereocenters. The average molecular weight is 416 g/mol. The third-order valence-corrected chi connectivity index (χ3v) is 5.86. The summed E-state index contributed by atoms with van der Waals surface area (Å²) in [5.74, 6) is -0.194. The second-order valence-corrected chi connectivity index (χ2v) is 8.11. The van der Waals surface area contributed by atoms with Crippen LogP contribution in [0.4, 0.5) is 5.69 Å². The first-order valence-corrected chi connectivity index (χ1v) is 10.3. The lowest BCUT2D eigenvalue weighted by Gasteiger charge is -2.39. The van der Waals surface area contributed by atoms with E-state index in [4.69, 9.17) is 9.47 Å². The number of nitrogens with one attached hydrogen (secondary N) is 1. The van der Waals surface area contributed by atoms with E-state index in [1.54, 1.807) is 15.8 Å². The van der Waals surface area contributed by atoms with Crippen molar-refractivity contribution in [3.05, 3.63) is 24.4 Å². The van der Waals surface area contributed by atoms with Crippen LogP contribution in [0.5, 0.6) is 0 Å². The number of ether oxygens (including phenoxy) is 2. The summed E-state index contributed by atoms with van der Waals surface area (Å²) in [5.41, 5.74) is 0.536. The van der Waals surface area contributed by atoms with Gasteiger partial charge in [-0.15, -0.1) is 0 Å². The minimum atomic E-state index is -0.943. The number of hydrogen-bond donors (Lipinski definition) is 2. The Bertz CT molecular complexity index is 913. The first-order valence-electron chi connectivity index (χ1n) is 10.3. The van der Waals surface area contributed by atoms with Gasteiger partial charge in [-0.2, -0.15) is 5.10 Å². The van der Waals surface area contributed by atoms with Gasteiger partial charge in [-0.3, -0.25) is 14.3 Å². The maximum atomic E-state index is 12.5. The van der Waals surface area contributed by atoms with Gasteiger partial charge in [0.15, 0.2) is 0 Å². The summed E-state index contributed by atoms with van der Waals surface area (Å²) >= 11 is 0. The highest BCUT2D eigenvalue weighted by atomic mass is 16.5. The zero-order valence-electron chi connectivity index (χ0n) is 17.2. The van der Waals surface area contributed by atoms with E-state index in [9.17, 15) is 14.7 Å². The zero-order chi connectivity index (χ0) is 21.1. The molecule has 2 aliphatic heterocycles. The van der Waals surface area contributed by atoms with Crippen molar-refractivity contribution in [2.75, 3.05) is 38.7 Å². The molecule has 2 saturated heterocycles. The van der Waals surface area contributed by atoms with Crippen LogP contribution in [-0.4, -0.2) is 76.7 Å². The SMILES string of the molecule is COCC(=O)Nc1ccc2cnn(CC3(O)CCN(C(=O)C4CCCO4)CC3)c2c1. The summed E-state index contributed by atoms with van der Waals surface area (Å²) in [4.78, 5) is 26.1. The Morgan fingerprint density at radius 3 is 2.87 bits per heavy atom. The maximum Gasteiger partial charge on any atom is 0.251 e. The molecule has 1 aromatic heterocycles. The normalized spacial score (nSPS) is 21.1. The number of carbonyl (C=O) groups is 2. The molecule has 1 atom stereocenters. The molecule has 2 fully saturated rings. The number of amides is 2. The fourth-order valence-corrected chi connectivity index (χ4v) is 4.16. The van der Waals surface area contributed by atoms with Crippen molar-refractivity contribution >= 4 is 28.4 Å². The molecule has 162 valence electrons. The molecule has 0 saturated carbocycles. The molecule has 9 nitrogen and oxygen atoms in total. The fourth-order valence-electron chi connectivity index (χ4n) is 4.16. The summed E-state index contributed by atoms with van der Waals surface area (Å²) in [6, 6.07) is 5.54. The van der Waals surface area contributed by atoms with Crippen LogP contribution in [0.1, 0.15) is 25.7 Å². The molecule has 4 rings (SSSR count). The number of hydrogen-bond acceptors (Lipinski definition) is 6. The number of anilines is 1. The third-order valence-electron chi connectivity index (χ3n) is 5.86. The number of aliphatic hydroxyl groups is 1. The van der Waals surface area contributed by atoms with E-state index in [1.165, 1.54) is 7.11 Å². The number of carbonyl (C=O) groups excluding carboxylic acids is 2. The van der Waals surface area contributed by atoms with Crippen LogP contribution in [0.3, 0.4) is 0 Å². The molecule has 2 amide bonds. The van der Waals surface area contributed by atoms with Crippen molar-refractivity contribution in [1.29, 1.82) is 0 Å². The Hall–Kier alpha value is -2.49. The Balaban J connectivity index is 1.42. The lowest BCUT2D eigenvalue weighted by Crippen LogP contribution is -2.51. The van der Waals surface area contributed by atoms with Gasteiger partial charge in [-0.05, 0) is 43.9 Å². The van der Waals surface area contributed by atoms with E-state index in [1.807, 2.05) is 18.2 Å². The summed E-state index contributed by atoms with van der Waals surface area (Å²) < 4.78 is 12.1. The largest absolute Gasteiger partial charge is 0.388 e. The predicted octanol–water partition coefficient (Wildman–Crippen LogP) is 1.15. The lowest BCUT2D eigenvalue weighted by atomic mass is 9.91. The number of benzene rings is 1. The number of piperidine rings is 1. The third kappa shape index (κ3) is 4.48. The molecule has 2 aromatic rings. The van der Waals surface area contributed by atoms with Gasteiger partial charge in [0.2, 0.25) is 5.91 Å². The quantitative estimate of drug-likeness (QED) is 0.732. The van der Waals surface area contributed by atoms with Crippen LogP contribution in [0.15, 0.2) is 24.4 Å². The molecule has 0 radical (unpaired) electrons. The van der Waals surface area contributed by atoms with Gasteiger partial charge in [0.05, 0.1) is 23.9 Å². The summed E-state index contributed by atoms with van der Waals surface area (Å²) in [7, 11) is 1.47. The number of methoxy groups -OCH3 is 1. The summed E-state index contributed by atoms with van der Waals surface area (Å²) in [6.45, 7) is 1.97. The molecule has 2 N–H and O–H groups in total. The predicted molar refractivity (Wildman–Crippen MR) is 110 cm³/mol. The van der Waals surface area contributed by atoms with Crippen LogP contribution in [0, 0.1) is 0 Å². The molecule has 0 spiro atoms. The fraction of sp³-hybridized carbons (Fsp3) is 0.571. The van der Waals surface area contributed by atoms with Gasteiger partial charge in [0.25, 0.3) is 5.91 Å². The van der Waals surface area contributed by atoms with Gasteiger partial charge in [-0.1, -0.05) is 0 Å². The van der Waals surface area contributed by atoms with Crippen LogP contribution in [0.2, 0.25) is 0 Å². The van der Waals surface area contributed by atoms with E-state index in [-0.39, 0.29) is 24.5 Å². The highest BCUT2D eigenvalue weighted by molar-refractivity contribution is 5.94. The molecule has 3 heterocycles. The second kappa shape index (κ2) is 8.71. The van der Waals surface area contributed by atoms with Crippen molar-refractivity contribution in [3.63, 3.8) is 0 Å². The van der Waals surface area contributed by atoms with Crippen molar-refractivity contribution in [2.24, 2.45) is 0 Å². The molecule has 2 aliphatic rings. The van der Waals surface area contributed by atoms with E-state index in [2.05, 4.69) is 10.4 Å². The first-order chi connectivity index (χ1) is 14.5. The standard InChI is InChI=1S/C21H28N4O5/c1-29-13-19(26)23-16-5-4-15-12-22-25(17(15)11-16)14-21(28)6-8-24(9-7-21)20(27)18-3-2-10-30-18/h4-5,11-12,18,28H,2-3,6-10,13-14H2,1H3,(H,23,26). The highest BCUT2D eigenvalue weighted by Gasteiger charge is 2.37. The number of nitrogens with zero attached hydrogens (tertiary/aromatic N) is 3. The molecular weight excluding hydrogens is 388 g/mol. The molecule has 30 heavy (non-hydrogen) atoms. The van der Waals surface area contributed by atoms with Crippen molar-refractivity contribution < 1.29 is 24.2 Å². The smallest absolute Gasteiger partial charge is 0.251 e. The second-order valence-electron chi connectivity index (χ2n) is 8.11. The average Bonchev–Trinajstić information content (AvgIpc) is 3.39. The van der Waals surface area contributed by atoms with Crippen LogP contribution in [-0.2, 0) is 25.6 Å². The van der Waals surface area contributed by atoms with Crippen LogP contribution in [0.25, 0.3) is 10.9 Å². The van der Waals surface area contributed by atoms with Gasteiger partial charge < -0.3 is 24.8 Å². The van der Waals surface area contributed by atoms with E-state index in [0.29, 0.717) is 44.8 Å². The van der Waals surface area contributed by atoms with Crippen LogP contribution < -0.4 is 5.32 Å². The number of aromatic nitrogens is 2. The van der Waals surface area contributed by atoms with Gasteiger partial charge >= 0.3 is 0 Å². The highest BCUT2D eigenvalue weighted by Crippen LogP contribution is 2.28. The molecule has 9 heteroatoms. The molecule has 0 aliphatic carbocycles. The minimum Gasteiger partial charge on any atom is -0.388 e. The Morgan fingerprint density at radius 1 is 1.37 bits per heavy atom.